The lowest BCUT2D eigenvalue weighted by Gasteiger charge is -2.23. The molecule has 1 aromatic carbocycles. The molecule has 1 atom stereocenters. The fraction of sp³-hybridized carbons (Fsp3) is 0.600. The van der Waals surface area contributed by atoms with E-state index in [2.05, 4.69) is 10.0 Å². The van der Waals surface area contributed by atoms with Crippen LogP contribution in [0, 0.1) is 5.41 Å². The van der Waals surface area contributed by atoms with E-state index in [4.69, 9.17) is 0 Å². The summed E-state index contributed by atoms with van der Waals surface area (Å²) in [6, 6.07) is 4.84. The van der Waals surface area contributed by atoms with Crippen LogP contribution in [0.4, 0.5) is 13.2 Å². The molecule has 1 saturated heterocycles. The number of halogens is 3. The zero-order valence-electron chi connectivity index (χ0n) is 12.5. The van der Waals surface area contributed by atoms with Crippen LogP contribution in [0.25, 0.3) is 0 Å². The third-order valence-electron chi connectivity index (χ3n) is 4.72. The molecule has 1 aromatic rings. The third-order valence-corrected chi connectivity index (χ3v) is 6.21. The van der Waals surface area contributed by atoms with Crippen molar-refractivity contribution in [3.63, 3.8) is 0 Å². The van der Waals surface area contributed by atoms with E-state index in [1.54, 1.807) is 0 Å². The van der Waals surface area contributed by atoms with Crippen molar-refractivity contribution in [3.8, 4) is 0 Å². The first-order chi connectivity index (χ1) is 10.7. The molecule has 1 spiro atoms. The molecule has 128 valence electrons. The highest BCUT2D eigenvalue weighted by molar-refractivity contribution is 7.89. The largest absolute Gasteiger partial charge is 0.393 e. The second kappa shape index (κ2) is 5.75. The van der Waals surface area contributed by atoms with Crippen molar-refractivity contribution >= 4 is 10.0 Å². The average Bonchev–Trinajstić information content (AvgIpc) is 3.08. The van der Waals surface area contributed by atoms with E-state index < -0.39 is 22.6 Å². The van der Waals surface area contributed by atoms with Gasteiger partial charge in [-0.2, -0.15) is 13.2 Å². The van der Waals surface area contributed by atoms with Gasteiger partial charge in [0, 0.05) is 6.04 Å². The lowest BCUT2D eigenvalue weighted by atomic mass is 9.94. The van der Waals surface area contributed by atoms with Crippen molar-refractivity contribution < 1.29 is 21.6 Å². The molecule has 0 radical (unpaired) electrons. The monoisotopic (exact) mass is 348 g/mol. The zero-order chi connectivity index (χ0) is 16.7. The van der Waals surface area contributed by atoms with Crippen molar-refractivity contribution in [1.29, 1.82) is 0 Å². The molecule has 1 saturated carbocycles. The smallest absolute Gasteiger partial charge is 0.317 e. The van der Waals surface area contributed by atoms with Gasteiger partial charge in [-0.3, -0.25) is 0 Å². The van der Waals surface area contributed by atoms with Gasteiger partial charge in [0.25, 0.3) is 0 Å². The van der Waals surface area contributed by atoms with Crippen LogP contribution >= 0.6 is 0 Å². The molecule has 0 bridgehead atoms. The lowest BCUT2D eigenvalue weighted by Crippen LogP contribution is -2.36. The van der Waals surface area contributed by atoms with Crippen LogP contribution in [0.15, 0.2) is 29.2 Å². The van der Waals surface area contributed by atoms with Crippen LogP contribution in [0.5, 0.6) is 0 Å². The van der Waals surface area contributed by atoms with Gasteiger partial charge in [-0.15, -0.1) is 0 Å². The number of rotatable bonds is 4. The number of piperidine rings is 1. The Kier molecular flexibility index (Phi) is 4.18. The second-order valence-electron chi connectivity index (χ2n) is 6.43. The Balaban J connectivity index is 1.66. The van der Waals surface area contributed by atoms with Crippen LogP contribution in [-0.4, -0.2) is 33.7 Å². The van der Waals surface area contributed by atoms with Crippen molar-refractivity contribution in [2.24, 2.45) is 5.41 Å². The molecule has 0 aromatic heterocycles. The van der Waals surface area contributed by atoms with Crippen LogP contribution in [-0.2, 0) is 16.4 Å². The van der Waals surface area contributed by atoms with Gasteiger partial charge in [-0.25, -0.2) is 13.1 Å². The molecule has 1 aliphatic carbocycles. The van der Waals surface area contributed by atoms with Gasteiger partial charge in [-0.05, 0) is 55.5 Å². The molecule has 1 unspecified atom stereocenters. The van der Waals surface area contributed by atoms with Gasteiger partial charge in [0.05, 0.1) is 11.3 Å². The Morgan fingerprint density at radius 3 is 2.35 bits per heavy atom. The summed E-state index contributed by atoms with van der Waals surface area (Å²) < 4.78 is 64.4. The van der Waals surface area contributed by atoms with E-state index in [9.17, 15) is 21.6 Å². The van der Waals surface area contributed by atoms with Crippen molar-refractivity contribution in [1.82, 2.24) is 10.0 Å². The highest BCUT2D eigenvalue weighted by Crippen LogP contribution is 2.53. The summed E-state index contributed by atoms with van der Waals surface area (Å²) in [7, 11) is -3.68. The number of hydrogen-bond donors (Lipinski definition) is 2. The van der Waals surface area contributed by atoms with Gasteiger partial charge in [0.1, 0.15) is 0 Å². The van der Waals surface area contributed by atoms with Gasteiger partial charge >= 0.3 is 6.18 Å². The number of benzene rings is 1. The molecular weight excluding hydrogens is 329 g/mol. The van der Waals surface area contributed by atoms with Crippen LogP contribution < -0.4 is 10.0 Å². The molecule has 4 nitrogen and oxygen atoms in total. The van der Waals surface area contributed by atoms with Crippen molar-refractivity contribution in [2.75, 3.05) is 13.1 Å². The second-order valence-corrected chi connectivity index (χ2v) is 8.14. The van der Waals surface area contributed by atoms with E-state index >= 15 is 0 Å². The SMILES string of the molecule is O=S(=O)(NC1CC12CCNCC2)c1ccc(CC(F)(F)F)cc1. The maximum absolute atomic E-state index is 12.4. The third kappa shape index (κ3) is 3.87. The summed E-state index contributed by atoms with van der Waals surface area (Å²) in [5.41, 5.74) is 0.117. The van der Waals surface area contributed by atoms with Gasteiger partial charge < -0.3 is 5.32 Å². The van der Waals surface area contributed by atoms with E-state index in [1.807, 2.05) is 0 Å². The van der Waals surface area contributed by atoms with Gasteiger partial charge in [-0.1, -0.05) is 12.1 Å². The Bertz CT molecular complexity index is 665. The molecule has 2 N–H and O–H groups in total. The maximum Gasteiger partial charge on any atom is 0.393 e. The summed E-state index contributed by atoms with van der Waals surface area (Å²) in [6.07, 6.45) is -2.62. The Labute approximate surface area is 133 Å². The molecule has 8 heteroatoms. The number of nitrogens with one attached hydrogen (secondary N) is 2. The number of alkyl halides is 3. The molecule has 2 fully saturated rings. The quantitative estimate of drug-likeness (QED) is 0.877. The molecule has 0 amide bonds. The van der Waals surface area contributed by atoms with Crippen LogP contribution in [0.3, 0.4) is 0 Å². The maximum atomic E-state index is 12.4. The van der Waals surface area contributed by atoms with E-state index in [0.29, 0.717) is 0 Å². The van der Waals surface area contributed by atoms with E-state index in [1.165, 1.54) is 24.3 Å². The van der Waals surface area contributed by atoms with Crippen molar-refractivity contribution in [3.05, 3.63) is 29.8 Å². The van der Waals surface area contributed by atoms with E-state index in [0.717, 1.165) is 32.4 Å². The predicted octanol–water partition coefficient (Wildman–Crippen LogP) is 2.21. The Hall–Kier alpha value is -1.12. The molecule has 1 aliphatic heterocycles. The van der Waals surface area contributed by atoms with Crippen molar-refractivity contribution in [2.45, 2.75) is 42.8 Å². The molecule has 23 heavy (non-hydrogen) atoms. The summed E-state index contributed by atoms with van der Waals surface area (Å²) in [5, 5.41) is 3.25. The van der Waals surface area contributed by atoms with E-state index in [-0.39, 0.29) is 21.9 Å². The summed E-state index contributed by atoms with van der Waals surface area (Å²) in [6.45, 7) is 1.79. The Morgan fingerprint density at radius 2 is 1.78 bits per heavy atom. The molecule has 2 aliphatic rings. The fourth-order valence-corrected chi connectivity index (χ4v) is 4.60. The number of hydrogen-bond acceptors (Lipinski definition) is 3. The van der Waals surface area contributed by atoms with Crippen LogP contribution in [0.2, 0.25) is 0 Å². The minimum Gasteiger partial charge on any atom is -0.317 e. The predicted molar refractivity (Wildman–Crippen MR) is 79.5 cm³/mol. The summed E-state index contributed by atoms with van der Waals surface area (Å²) in [5.74, 6) is 0. The first-order valence-corrected chi connectivity index (χ1v) is 9.07. The van der Waals surface area contributed by atoms with Gasteiger partial charge in [0.15, 0.2) is 0 Å². The zero-order valence-corrected chi connectivity index (χ0v) is 13.3. The summed E-state index contributed by atoms with van der Waals surface area (Å²) >= 11 is 0. The summed E-state index contributed by atoms with van der Waals surface area (Å²) in [4.78, 5) is 0.0133. The van der Waals surface area contributed by atoms with Crippen LogP contribution in [0.1, 0.15) is 24.8 Å². The first kappa shape index (κ1) is 16.7. The molecule has 3 rings (SSSR count). The highest BCUT2D eigenvalue weighted by Gasteiger charge is 2.55. The first-order valence-electron chi connectivity index (χ1n) is 7.59. The minimum atomic E-state index is -4.30. The van der Waals surface area contributed by atoms with Gasteiger partial charge in [0.2, 0.25) is 10.0 Å². The standard InChI is InChI=1S/C15H19F3N2O2S/c16-15(17,18)9-11-1-3-12(4-2-11)23(21,22)20-13-10-14(13)5-7-19-8-6-14/h1-4,13,19-20H,5-10H2. The normalized spacial score (nSPS) is 23.9. The fourth-order valence-electron chi connectivity index (χ4n) is 3.26. The molecule has 1 heterocycles. The minimum absolute atomic E-state index is 0.0133. The Morgan fingerprint density at radius 1 is 1.17 bits per heavy atom. The highest BCUT2D eigenvalue weighted by atomic mass is 32.2. The average molecular weight is 348 g/mol. The number of sulfonamides is 1. The molecular formula is C15H19F3N2O2S. The lowest BCUT2D eigenvalue weighted by molar-refractivity contribution is -0.127. The topological polar surface area (TPSA) is 58.2 Å².